The van der Waals surface area contributed by atoms with E-state index in [2.05, 4.69) is 10.2 Å². The molecule has 1 aromatic carbocycles. The standard InChI is InChI=1S/C19H27FN2O2/c20-16-7-3-5-14(11-16)12-22-10-4-6-15(13-22)19(24)21-17-8-1-2-9-18(17)23/h3,5,7,11,15,17-18,23H,1-2,4,6,8-10,12-13H2,(H,21,24). The second kappa shape index (κ2) is 8.08. The Hall–Kier alpha value is -1.46. The van der Waals surface area contributed by atoms with Crippen LogP contribution in [0.1, 0.15) is 44.1 Å². The number of benzene rings is 1. The smallest absolute Gasteiger partial charge is 0.224 e. The zero-order valence-electron chi connectivity index (χ0n) is 14.1. The summed E-state index contributed by atoms with van der Waals surface area (Å²) in [6.45, 7) is 2.31. The summed E-state index contributed by atoms with van der Waals surface area (Å²) in [5, 5.41) is 13.1. The Kier molecular flexibility index (Phi) is 5.85. The van der Waals surface area contributed by atoms with Crippen LogP contribution in [-0.4, -0.2) is 41.1 Å². The molecule has 3 rings (SSSR count). The summed E-state index contributed by atoms with van der Waals surface area (Å²) in [5.41, 5.74) is 0.943. The molecule has 1 aliphatic heterocycles. The number of nitrogens with zero attached hydrogens (tertiary/aromatic N) is 1. The van der Waals surface area contributed by atoms with Crippen LogP contribution in [0.2, 0.25) is 0 Å². The van der Waals surface area contributed by atoms with E-state index in [1.807, 2.05) is 6.07 Å². The van der Waals surface area contributed by atoms with Crippen LogP contribution in [-0.2, 0) is 11.3 Å². The SMILES string of the molecule is O=C(NC1CCCCC1O)C1CCCN(Cc2cccc(F)c2)C1. The number of aliphatic hydroxyl groups excluding tert-OH is 1. The molecule has 2 aliphatic rings. The van der Waals surface area contributed by atoms with Crippen LogP contribution in [0, 0.1) is 11.7 Å². The number of nitrogens with one attached hydrogen (secondary N) is 1. The average Bonchev–Trinajstić information content (AvgIpc) is 2.57. The third-order valence-electron chi connectivity index (χ3n) is 5.23. The Morgan fingerprint density at radius 2 is 2.08 bits per heavy atom. The maximum atomic E-state index is 13.3. The molecular weight excluding hydrogens is 307 g/mol. The van der Waals surface area contributed by atoms with Crippen LogP contribution in [0.5, 0.6) is 0 Å². The molecule has 1 heterocycles. The summed E-state index contributed by atoms with van der Waals surface area (Å²) < 4.78 is 13.3. The monoisotopic (exact) mass is 334 g/mol. The lowest BCUT2D eigenvalue weighted by molar-refractivity contribution is -0.128. The average molecular weight is 334 g/mol. The normalized spacial score (nSPS) is 28.5. The minimum absolute atomic E-state index is 0.0403. The van der Waals surface area contributed by atoms with Gasteiger partial charge in [-0.1, -0.05) is 25.0 Å². The van der Waals surface area contributed by atoms with Crippen molar-refractivity contribution in [2.24, 2.45) is 5.92 Å². The molecule has 0 bridgehead atoms. The number of rotatable bonds is 4. The molecule has 1 aromatic rings. The second-order valence-electron chi connectivity index (χ2n) is 7.17. The van der Waals surface area contributed by atoms with Gasteiger partial charge in [0.2, 0.25) is 5.91 Å². The molecule has 132 valence electrons. The summed E-state index contributed by atoms with van der Waals surface area (Å²) in [5.74, 6) is -0.198. The summed E-state index contributed by atoms with van der Waals surface area (Å²) >= 11 is 0. The first kappa shape index (κ1) is 17.4. The van der Waals surface area contributed by atoms with E-state index in [-0.39, 0.29) is 23.7 Å². The third kappa shape index (κ3) is 4.54. The molecule has 3 atom stereocenters. The van der Waals surface area contributed by atoms with Gasteiger partial charge in [0.15, 0.2) is 0 Å². The van der Waals surface area contributed by atoms with Gasteiger partial charge in [0.05, 0.1) is 18.1 Å². The maximum Gasteiger partial charge on any atom is 0.224 e. The number of aliphatic hydroxyl groups is 1. The molecule has 0 aromatic heterocycles. The van der Waals surface area contributed by atoms with Crippen LogP contribution in [0.15, 0.2) is 24.3 Å². The lowest BCUT2D eigenvalue weighted by Gasteiger charge is -2.34. The highest BCUT2D eigenvalue weighted by molar-refractivity contribution is 5.79. The number of hydrogen-bond donors (Lipinski definition) is 2. The van der Waals surface area contributed by atoms with Crippen molar-refractivity contribution in [2.45, 2.75) is 57.2 Å². The zero-order chi connectivity index (χ0) is 16.9. The first-order valence-corrected chi connectivity index (χ1v) is 9.07. The van der Waals surface area contributed by atoms with Crippen molar-refractivity contribution in [3.63, 3.8) is 0 Å². The Balaban J connectivity index is 1.53. The number of amides is 1. The lowest BCUT2D eigenvalue weighted by atomic mass is 9.91. The van der Waals surface area contributed by atoms with Gasteiger partial charge < -0.3 is 10.4 Å². The highest BCUT2D eigenvalue weighted by atomic mass is 19.1. The van der Waals surface area contributed by atoms with Crippen LogP contribution in [0.25, 0.3) is 0 Å². The Bertz CT molecular complexity index is 566. The topological polar surface area (TPSA) is 52.6 Å². The van der Waals surface area contributed by atoms with Gasteiger partial charge in [0, 0.05) is 13.1 Å². The van der Waals surface area contributed by atoms with Gasteiger partial charge in [0.25, 0.3) is 0 Å². The number of halogens is 1. The first-order chi connectivity index (χ1) is 11.6. The van der Waals surface area contributed by atoms with E-state index in [9.17, 15) is 14.3 Å². The van der Waals surface area contributed by atoms with Gasteiger partial charge in [-0.3, -0.25) is 9.69 Å². The first-order valence-electron chi connectivity index (χ1n) is 9.07. The van der Waals surface area contributed by atoms with Crippen molar-refractivity contribution < 1.29 is 14.3 Å². The molecule has 5 heteroatoms. The predicted octanol–water partition coefficient (Wildman–Crippen LogP) is 2.46. The molecule has 2 N–H and O–H groups in total. The molecule has 1 aliphatic carbocycles. The Morgan fingerprint density at radius 1 is 1.25 bits per heavy atom. The van der Waals surface area contributed by atoms with Crippen molar-refractivity contribution in [1.82, 2.24) is 10.2 Å². The molecule has 24 heavy (non-hydrogen) atoms. The van der Waals surface area contributed by atoms with Crippen molar-refractivity contribution in [3.05, 3.63) is 35.6 Å². The van der Waals surface area contributed by atoms with Crippen LogP contribution in [0.3, 0.4) is 0 Å². The largest absolute Gasteiger partial charge is 0.391 e. The quantitative estimate of drug-likeness (QED) is 0.889. The van der Waals surface area contributed by atoms with Gasteiger partial charge in [0.1, 0.15) is 5.82 Å². The third-order valence-corrected chi connectivity index (χ3v) is 5.23. The molecule has 0 radical (unpaired) electrons. The van der Waals surface area contributed by atoms with Crippen molar-refractivity contribution in [1.29, 1.82) is 0 Å². The molecule has 1 amide bonds. The summed E-state index contributed by atoms with van der Waals surface area (Å²) in [4.78, 5) is 14.8. The summed E-state index contributed by atoms with van der Waals surface area (Å²) in [7, 11) is 0. The van der Waals surface area contributed by atoms with Gasteiger partial charge >= 0.3 is 0 Å². The van der Waals surface area contributed by atoms with E-state index in [0.29, 0.717) is 13.1 Å². The number of carbonyl (C=O) groups is 1. The Labute approximate surface area is 143 Å². The fourth-order valence-corrected chi connectivity index (χ4v) is 3.89. The number of likely N-dealkylation sites (tertiary alicyclic amines) is 1. The van der Waals surface area contributed by atoms with Crippen LogP contribution >= 0.6 is 0 Å². The zero-order valence-corrected chi connectivity index (χ0v) is 14.1. The molecule has 3 unspecified atom stereocenters. The minimum atomic E-state index is -0.408. The summed E-state index contributed by atoms with van der Waals surface area (Å²) in [6, 6.07) is 6.56. The minimum Gasteiger partial charge on any atom is -0.391 e. The summed E-state index contributed by atoms with van der Waals surface area (Å²) in [6.07, 6.45) is 5.20. The fraction of sp³-hybridized carbons (Fsp3) is 0.632. The van der Waals surface area contributed by atoms with Gasteiger partial charge in [-0.15, -0.1) is 0 Å². The van der Waals surface area contributed by atoms with Crippen LogP contribution < -0.4 is 5.32 Å². The van der Waals surface area contributed by atoms with Crippen molar-refractivity contribution >= 4 is 5.91 Å². The van der Waals surface area contributed by atoms with E-state index in [1.165, 1.54) is 6.07 Å². The number of carbonyl (C=O) groups excluding carboxylic acids is 1. The highest BCUT2D eigenvalue weighted by Gasteiger charge is 2.30. The van der Waals surface area contributed by atoms with Gasteiger partial charge in [-0.05, 0) is 49.9 Å². The molecule has 1 saturated heterocycles. The molecule has 1 saturated carbocycles. The Morgan fingerprint density at radius 3 is 2.88 bits per heavy atom. The van der Waals surface area contributed by atoms with E-state index in [0.717, 1.165) is 50.6 Å². The van der Waals surface area contributed by atoms with Gasteiger partial charge in [-0.25, -0.2) is 4.39 Å². The predicted molar refractivity (Wildman–Crippen MR) is 90.8 cm³/mol. The van der Waals surface area contributed by atoms with E-state index in [4.69, 9.17) is 0 Å². The molecule has 0 spiro atoms. The second-order valence-corrected chi connectivity index (χ2v) is 7.17. The molecular formula is C19H27FN2O2. The number of hydrogen-bond acceptors (Lipinski definition) is 3. The van der Waals surface area contributed by atoms with E-state index >= 15 is 0 Å². The maximum absolute atomic E-state index is 13.3. The van der Waals surface area contributed by atoms with Crippen molar-refractivity contribution in [2.75, 3.05) is 13.1 Å². The van der Waals surface area contributed by atoms with Gasteiger partial charge in [-0.2, -0.15) is 0 Å². The highest BCUT2D eigenvalue weighted by Crippen LogP contribution is 2.22. The fourth-order valence-electron chi connectivity index (χ4n) is 3.89. The van der Waals surface area contributed by atoms with E-state index < -0.39 is 6.10 Å². The van der Waals surface area contributed by atoms with Crippen molar-refractivity contribution in [3.8, 4) is 0 Å². The van der Waals surface area contributed by atoms with Crippen LogP contribution in [0.4, 0.5) is 4.39 Å². The molecule has 4 nitrogen and oxygen atoms in total. The van der Waals surface area contributed by atoms with E-state index in [1.54, 1.807) is 12.1 Å². The molecule has 2 fully saturated rings. The lowest BCUT2D eigenvalue weighted by Crippen LogP contribution is -2.50. The number of piperidine rings is 1.